The van der Waals surface area contributed by atoms with Crippen LogP contribution in [0.3, 0.4) is 0 Å². The minimum atomic E-state index is -0.546. The van der Waals surface area contributed by atoms with Crippen molar-refractivity contribution in [2.45, 2.75) is 20.0 Å². The van der Waals surface area contributed by atoms with Gasteiger partial charge in [0.25, 0.3) is 5.91 Å². The lowest BCUT2D eigenvalue weighted by molar-refractivity contribution is -0.385. The second kappa shape index (κ2) is 7.96. The molecule has 1 saturated heterocycles. The number of hydrogen-bond donors (Lipinski definition) is 0. The van der Waals surface area contributed by atoms with Crippen LogP contribution in [-0.4, -0.2) is 56.6 Å². The maximum absolute atomic E-state index is 12.7. The molecule has 0 bridgehead atoms. The summed E-state index contributed by atoms with van der Waals surface area (Å²) in [7, 11) is 0. The third-order valence-corrected chi connectivity index (χ3v) is 5.25. The van der Waals surface area contributed by atoms with E-state index >= 15 is 0 Å². The van der Waals surface area contributed by atoms with Gasteiger partial charge in [-0.05, 0) is 18.6 Å². The van der Waals surface area contributed by atoms with Crippen LogP contribution in [0.15, 0.2) is 34.9 Å². The van der Waals surface area contributed by atoms with Crippen LogP contribution >= 0.6 is 15.9 Å². The average molecular weight is 422 g/mol. The first-order chi connectivity index (χ1) is 12.5. The maximum Gasteiger partial charge on any atom is 0.320 e. The molecule has 1 aromatic carbocycles. The molecule has 1 fully saturated rings. The van der Waals surface area contributed by atoms with Crippen LogP contribution in [0.5, 0.6) is 0 Å². The molecule has 2 heterocycles. The number of nitrogens with zero attached hydrogens (tertiary/aromatic N) is 5. The Morgan fingerprint density at radius 3 is 2.58 bits per heavy atom. The van der Waals surface area contributed by atoms with Gasteiger partial charge in [-0.15, -0.1) is 0 Å². The van der Waals surface area contributed by atoms with Gasteiger partial charge in [-0.1, -0.05) is 34.1 Å². The van der Waals surface area contributed by atoms with Gasteiger partial charge in [0.1, 0.15) is 6.20 Å². The summed E-state index contributed by atoms with van der Waals surface area (Å²) >= 11 is 3.55. The molecule has 0 spiro atoms. The molecule has 0 saturated carbocycles. The largest absolute Gasteiger partial charge is 0.334 e. The van der Waals surface area contributed by atoms with Crippen molar-refractivity contribution in [3.63, 3.8) is 0 Å². The summed E-state index contributed by atoms with van der Waals surface area (Å²) in [5, 5.41) is 15.3. The standard InChI is InChI=1S/C17H20BrN5O3/c1-2-22-12-15(23(25)26)16(19-22)17(24)21-9-7-20(8-10-21)11-13-5-3-4-6-14(13)18/h3-6,12H,2,7-11H2,1H3. The van der Waals surface area contributed by atoms with Gasteiger partial charge in [-0.3, -0.25) is 24.5 Å². The van der Waals surface area contributed by atoms with Crippen molar-refractivity contribution in [2.24, 2.45) is 0 Å². The van der Waals surface area contributed by atoms with Crippen molar-refractivity contribution in [1.82, 2.24) is 19.6 Å². The number of carbonyl (C=O) groups excluding carboxylic acids is 1. The fourth-order valence-electron chi connectivity index (χ4n) is 2.99. The Hall–Kier alpha value is -2.26. The topological polar surface area (TPSA) is 84.5 Å². The molecule has 8 nitrogen and oxygen atoms in total. The first-order valence-corrected chi connectivity index (χ1v) is 9.25. The van der Waals surface area contributed by atoms with E-state index in [1.807, 2.05) is 25.1 Å². The molecule has 1 aliphatic rings. The summed E-state index contributed by atoms with van der Waals surface area (Å²) in [5.41, 5.74) is 0.896. The van der Waals surface area contributed by atoms with E-state index in [4.69, 9.17) is 0 Å². The summed E-state index contributed by atoms with van der Waals surface area (Å²) in [5.74, 6) is -0.371. The van der Waals surface area contributed by atoms with Crippen molar-refractivity contribution in [2.75, 3.05) is 26.2 Å². The summed E-state index contributed by atoms with van der Waals surface area (Å²) in [6.07, 6.45) is 1.32. The number of aromatic nitrogens is 2. The number of piperazine rings is 1. The Morgan fingerprint density at radius 1 is 1.27 bits per heavy atom. The van der Waals surface area contributed by atoms with E-state index < -0.39 is 4.92 Å². The van der Waals surface area contributed by atoms with Crippen molar-refractivity contribution in [3.8, 4) is 0 Å². The van der Waals surface area contributed by atoms with E-state index in [1.165, 1.54) is 16.4 Å². The van der Waals surface area contributed by atoms with E-state index in [2.05, 4.69) is 32.0 Å². The first-order valence-electron chi connectivity index (χ1n) is 8.46. The highest BCUT2D eigenvalue weighted by molar-refractivity contribution is 9.10. The van der Waals surface area contributed by atoms with Crippen LogP contribution in [0.25, 0.3) is 0 Å². The van der Waals surface area contributed by atoms with Crippen LogP contribution in [0.4, 0.5) is 5.69 Å². The Bertz CT molecular complexity index is 814. The van der Waals surface area contributed by atoms with Crippen LogP contribution in [0, 0.1) is 10.1 Å². The molecule has 1 amide bonds. The SMILES string of the molecule is CCn1cc([N+](=O)[O-])c(C(=O)N2CCN(Cc3ccccc3Br)CC2)n1. The fourth-order valence-corrected chi connectivity index (χ4v) is 3.40. The van der Waals surface area contributed by atoms with Gasteiger partial charge in [0.05, 0.1) is 4.92 Å². The number of benzene rings is 1. The van der Waals surface area contributed by atoms with Gasteiger partial charge in [0.15, 0.2) is 0 Å². The third-order valence-electron chi connectivity index (χ3n) is 4.48. The number of rotatable bonds is 5. The van der Waals surface area contributed by atoms with Gasteiger partial charge in [0, 0.05) is 43.7 Å². The van der Waals surface area contributed by atoms with E-state index in [-0.39, 0.29) is 17.3 Å². The summed E-state index contributed by atoms with van der Waals surface area (Å²) in [6.45, 7) is 5.59. The van der Waals surface area contributed by atoms with E-state index in [0.717, 1.165) is 24.1 Å². The quantitative estimate of drug-likeness (QED) is 0.546. The molecule has 0 N–H and O–H groups in total. The second-order valence-corrected chi connectivity index (χ2v) is 6.99. The number of aryl methyl sites for hydroxylation is 1. The van der Waals surface area contributed by atoms with Gasteiger partial charge in [-0.25, -0.2) is 0 Å². The first kappa shape index (κ1) is 18.5. The van der Waals surface area contributed by atoms with Gasteiger partial charge in [0.2, 0.25) is 5.69 Å². The Balaban J connectivity index is 1.65. The van der Waals surface area contributed by atoms with Crippen LogP contribution < -0.4 is 0 Å². The molecule has 0 aliphatic carbocycles. The number of hydrogen-bond acceptors (Lipinski definition) is 5. The lowest BCUT2D eigenvalue weighted by Gasteiger charge is -2.34. The summed E-state index contributed by atoms with van der Waals surface area (Å²) in [6, 6.07) is 8.07. The zero-order valence-corrected chi connectivity index (χ0v) is 16.1. The van der Waals surface area contributed by atoms with Crippen LogP contribution in [0.1, 0.15) is 23.0 Å². The average Bonchev–Trinajstić information content (AvgIpc) is 3.08. The highest BCUT2D eigenvalue weighted by atomic mass is 79.9. The highest BCUT2D eigenvalue weighted by Crippen LogP contribution is 2.21. The Labute approximate surface area is 159 Å². The molecule has 138 valence electrons. The molecule has 2 aromatic rings. The van der Waals surface area contributed by atoms with Crippen LogP contribution in [0.2, 0.25) is 0 Å². The number of nitro groups is 1. The lowest BCUT2D eigenvalue weighted by Crippen LogP contribution is -2.48. The fraction of sp³-hybridized carbons (Fsp3) is 0.412. The number of carbonyl (C=O) groups is 1. The van der Waals surface area contributed by atoms with E-state index in [0.29, 0.717) is 19.6 Å². The van der Waals surface area contributed by atoms with Crippen molar-refractivity contribution in [3.05, 3.63) is 56.3 Å². The minimum absolute atomic E-state index is 0.0731. The van der Waals surface area contributed by atoms with Crippen molar-refractivity contribution in [1.29, 1.82) is 0 Å². The summed E-state index contributed by atoms with van der Waals surface area (Å²) < 4.78 is 2.49. The zero-order chi connectivity index (χ0) is 18.7. The highest BCUT2D eigenvalue weighted by Gasteiger charge is 2.31. The molecular weight excluding hydrogens is 402 g/mol. The molecule has 0 atom stereocenters. The normalized spacial score (nSPS) is 15.2. The molecule has 26 heavy (non-hydrogen) atoms. The van der Waals surface area contributed by atoms with Crippen LogP contribution in [-0.2, 0) is 13.1 Å². The van der Waals surface area contributed by atoms with E-state index in [9.17, 15) is 14.9 Å². The summed E-state index contributed by atoms with van der Waals surface area (Å²) in [4.78, 5) is 27.3. The second-order valence-electron chi connectivity index (χ2n) is 6.14. The molecule has 1 aromatic heterocycles. The molecule has 0 radical (unpaired) electrons. The lowest BCUT2D eigenvalue weighted by atomic mass is 10.2. The molecule has 3 rings (SSSR count). The molecule has 1 aliphatic heterocycles. The van der Waals surface area contributed by atoms with Crippen molar-refractivity contribution < 1.29 is 9.72 Å². The molecule has 0 unspecified atom stereocenters. The Kier molecular flexibility index (Phi) is 5.67. The number of amides is 1. The predicted molar refractivity (Wildman–Crippen MR) is 99.9 cm³/mol. The number of halogens is 1. The third kappa shape index (κ3) is 3.94. The maximum atomic E-state index is 12.7. The van der Waals surface area contributed by atoms with Crippen molar-refractivity contribution >= 4 is 27.5 Å². The van der Waals surface area contributed by atoms with Gasteiger partial charge >= 0.3 is 5.69 Å². The molecule has 9 heteroatoms. The van der Waals surface area contributed by atoms with E-state index in [1.54, 1.807) is 4.90 Å². The minimum Gasteiger partial charge on any atom is -0.334 e. The molecular formula is C17H20BrN5O3. The zero-order valence-electron chi connectivity index (χ0n) is 14.5. The smallest absolute Gasteiger partial charge is 0.320 e. The Morgan fingerprint density at radius 2 is 1.96 bits per heavy atom. The van der Waals surface area contributed by atoms with Gasteiger partial charge < -0.3 is 4.90 Å². The monoisotopic (exact) mass is 421 g/mol. The predicted octanol–water partition coefficient (Wildman–Crippen LogP) is 2.53. The van der Waals surface area contributed by atoms with Gasteiger partial charge in [-0.2, -0.15) is 5.10 Å².